The van der Waals surface area contributed by atoms with Crippen molar-refractivity contribution in [2.75, 3.05) is 19.4 Å². The van der Waals surface area contributed by atoms with E-state index in [9.17, 15) is 14.4 Å². The van der Waals surface area contributed by atoms with Gasteiger partial charge in [0.05, 0.1) is 0 Å². The maximum Gasteiger partial charge on any atom is 0.316 e. The van der Waals surface area contributed by atoms with E-state index in [2.05, 4.69) is 20.7 Å². The van der Waals surface area contributed by atoms with E-state index >= 15 is 0 Å². The lowest BCUT2D eigenvalue weighted by molar-refractivity contribution is -0.136. The molecule has 0 aliphatic carbocycles. The SMILES string of the molecule is Cc1ccc(CNC(=O)C(=O)Nc2ncn(CC(=O)N(C)C)n2)c(Oc2ccccc2)c1. The highest BCUT2D eigenvalue weighted by Gasteiger charge is 2.17. The molecule has 32 heavy (non-hydrogen) atoms. The first-order valence-corrected chi connectivity index (χ1v) is 9.83. The first-order chi connectivity index (χ1) is 15.3. The van der Waals surface area contributed by atoms with E-state index in [1.165, 1.54) is 15.9 Å². The third-order valence-corrected chi connectivity index (χ3v) is 4.40. The molecule has 0 spiro atoms. The zero-order valence-electron chi connectivity index (χ0n) is 18.0. The number of nitrogens with zero attached hydrogens (tertiary/aromatic N) is 4. The molecule has 0 bridgehead atoms. The number of carbonyl (C=O) groups excluding carboxylic acids is 3. The molecule has 0 saturated heterocycles. The Morgan fingerprint density at radius 3 is 2.53 bits per heavy atom. The topological polar surface area (TPSA) is 118 Å². The number of carbonyl (C=O) groups is 3. The number of amides is 3. The van der Waals surface area contributed by atoms with Gasteiger partial charge in [-0.15, -0.1) is 5.10 Å². The summed E-state index contributed by atoms with van der Waals surface area (Å²) in [5.74, 6) is -0.769. The normalized spacial score (nSPS) is 10.3. The van der Waals surface area contributed by atoms with Crippen LogP contribution >= 0.6 is 0 Å². The summed E-state index contributed by atoms with van der Waals surface area (Å²) in [6.45, 7) is 2.00. The van der Waals surface area contributed by atoms with Crippen LogP contribution in [-0.2, 0) is 27.5 Å². The minimum absolute atomic E-state index is 0.0281. The second-order valence-electron chi connectivity index (χ2n) is 7.22. The maximum atomic E-state index is 12.2. The zero-order chi connectivity index (χ0) is 23.1. The number of nitrogens with one attached hydrogen (secondary N) is 2. The van der Waals surface area contributed by atoms with Gasteiger partial charge < -0.3 is 15.0 Å². The van der Waals surface area contributed by atoms with Crippen LogP contribution in [0.1, 0.15) is 11.1 Å². The summed E-state index contributed by atoms with van der Waals surface area (Å²) < 4.78 is 7.20. The Kier molecular flexibility index (Phi) is 7.17. The number of hydrogen-bond acceptors (Lipinski definition) is 6. The zero-order valence-corrected chi connectivity index (χ0v) is 18.0. The lowest BCUT2D eigenvalue weighted by Gasteiger charge is -2.13. The van der Waals surface area contributed by atoms with Crippen LogP contribution in [0, 0.1) is 6.92 Å². The number of para-hydroxylation sites is 1. The van der Waals surface area contributed by atoms with Gasteiger partial charge in [-0.2, -0.15) is 0 Å². The largest absolute Gasteiger partial charge is 0.457 e. The number of anilines is 1. The second-order valence-corrected chi connectivity index (χ2v) is 7.22. The van der Waals surface area contributed by atoms with E-state index in [1.54, 1.807) is 14.1 Å². The lowest BCUT2D eigenvalue weighted by Crippen LogP contribution is -2.35. The van der Waals surface area contributed by atoms with Crippen molar-refractivity contribution in [3.05, 3.63) is 66.0 Å². The highest BCUT2D eigenvalue weighted by Crippen LogP contribution is 2.26. The Hall–Kier alpha value is -4.21. The van der Waals surface area contributed by atoms with Crippen LogP contribution in [-0.4, -0.2) is 51.5 Å². The fourth-order valence-corrected chi connectivity index (χ4v) is 2.64. The Morgan fingerprint density at radius 2 is 1.81 bits per heavy atom. The van der Waals surface area contributed by atoms with Gasteiger partial charge in [-0.1, -0.05) is 30.3 Å². The van der Waals surface area contributed by atoms with E-state index in [-0.39, 0.29) is 24.9 Å². The highest BCUT2D eigenvalue weighted by atomic mass is 16.5. The van der Waals surface area contributed by atoms with Crippen molar-refractivity contribution in [1.82, 2.24) is 25.0 Å². The standard InChI is InChI=1S/C22H24N6O4/c1-15-9-10-16(18(11-15)32-17-7-5-4-6-8-17)12-23-20(30)21(31)25-22-24-14-28(26-22)13-19(29)27(2)3/h4-11,14H,12-13H2,1-3H3,(H,23,30)(H,25,26,31). The number of ether oxygens (including phenoxy) is 1. The Labute approximate surface area is 185 Å². The van der Waals surface area contributed by atoms with E-state index in [0.29, 0.717) is 17.1 Å². The molecule has 0 fully saturated rings. The van der Waals surface area contributed by atoms with E-state index in [0.717, 1.165) is 5.56 Å². The minimum Gasteiger partial charge on any atom is -0.457 e. The summed E-state index contributed by atoms with van der Waals surface area (Å²) in [5, 5.41) is 8.85. The summed E-state index contributed by atoms with van der Waals surface area (Å²) in [4.78, 5) is 41.4. The molecule has 3 rings (SSSR count). The first-order valence-electron chi connectivity index (χ1n) is 9.83. The molecule has 0 unspecified atom stereocenters. The third-order valence-electron chi connectivity index (χ3n) is 4.40. The van der Waals surface area contributed by atoms with Gasteiger partial charge in [0, 0.05) is 26.2 Å². The smallest absolute Gasteiger partial charge is 0.316 e. The van der Waals surface area contributed by atoms with Crippen molar-refractivity contribution in [2.45, 2.75) is 20.0 Å². The van der Waals surface area contributed by atoms with E-state index < -0.39 is 11.8 Å². The lowest BCUT2D eigenvalue weighted by atomic mass is 10.1. The molecule has 0 radical (unpaired) electrons. The van der Waals surface area contributed by atoms with Crippen LogP contribution in [0.4, 0.5) is 5.95 Å². The molecular formula is C22H24N6O4. The van der Waals surface area contributed by atoms with Crippen molar-refractivity contribution in [3.63, 3.8) is 0 Å². The number of rotatable bonds is 7. The van der Waals surface area contributed by atoms with Crippen LogP contribution < -0.4 is 15.4 Å². The van der Waals surface area contributed by atoms with Crippen molar-refractivity contribution in [2.24, 2.45) is 0 Å². The molecule has 0 aliphatic rings. The van der Waals surface area contributed by atoms with Crippen LogP contribution in [0.15, 0.2) is 54.9 Å². The number of aromatic nitrogens is 3. The Balaban J connectivity index is 1.58. The average Bonchev–Trinajstić information content (AvgIpc) is 3.20. The van der Waals surface area contributed by atoms with Crippen molar-refractivity contribution in [3.8, 4) is 11.5 Å². The second kappa shape index (κ2) is 10.2. The summed E-state index contributed by atoms with van der Waals surface area (Å²) in [6, 6.07) is 14.9. The van der Waals surface area contributed by atoms with Crippen LogP contribution in [0.25, 0.3) is 0 Å². The van der Waals surface area contributed by atoms with Gasteiger partial charge in [0.15, 0.2) is 0 Å². The van der Waals surface area contributed by atoms with Crippen LogP contribution in [0.5, 0.6) is 11.5 Å². The van der Waals surface area contributed by atoms with Crippen LogP contribution in [0.3, 0.4) is 0 Å². The number of hydrogen-bond donors (Lipinski definition) is 2. The van der Waals surface area contributed by atoms with Gasteiger partial charge >= 0.3 is 11.8 Å². The van der Waals surface area contributed by atoms with Gasteiger partial charge in [0.25, 0.3) is 0 Å². The molecule has 10 nitrogen and oxygen atoms in total. The van der Waals surface area contributed by atoms with Gasteiger partial charge in [-0.05, 0) is 30.7 Å². The predicted octanol–water partition coefficient (Wildman–Crippen LogP) is 1.72. The molecule has 1 aromatic heterocycles. The average molecular weight is 436 g/mol. The molecule has 0 atom stereocenters. The van der Waals surface area contributed by atoms with Gasteiger partial charge in [-0.25, -0.2) is 9.67 Å². The number of aryl methyl sites for hydroxylation is 1. The molecular weight excluding hydrogens is 412 g/mol. The summed E-state index contributed by atoms with van der Waals surface area (Å²) >= 11 is 0. The van der Waals surface area contributed by atoms with E-state index in [4.69, 9.17) is 4.74 Å². The van der Waals surface area contributed by atoms with Crippen molar-refractivity contribution >= 4 is 23.7 Å². The minimum atomic E-state index is -0.917. The third kappa shape index (κ3) is 6.14. The molecule has 166 valence electrons. The van der Waals surface area contributed by atoms with Gasteiger partial charge in [-0.3, -0.25) is 19.7 Å². The molecule has 2 N–H and O–H groups in total. The fraction of sp³-hybridized carbons (Fsp3) is 0.227. The molecule has 10 heteroatoms. The fourth-order valence-electron chi connectivity index (χ4n) is 2.64. The maximum absolute atomic E-state index is 12.2. The quantitative estimate of drug-likeness (QED) is 0.545. The molecule has 1 heterocycles. The molecule has 2 aromatic carbocycles. The molecule has 3 aromatic rings. The van der Waals surface area contributed by atoms with Crippen molar-refractivity contribution in [1.29, 1.82) is 0 Å². The monoisotopic (exact) mass is 436 g/mol. The Bertz CT molecular complexity index is 1110. The molecule has 0 aliphatic heterocycles. The van der Waals surface area contributed by atoms with E-state index in [1.807, 2.05) is 55.5 Å². The molecule has 3 amide bonds. The summed E-state index contributed by atoms with van der Waals surface area (Å²) in [7, 11) is 3.24. The van der Waals surface area contributed by atoms with Gasteiger partial charge in [0.1, 0.15) is 24.4 Å². The number of benzene rings is 2. The highest BCUT2D eigenvalue weighted by molar-refractivity contribution is 6.39. The Morgan fingerprint density at radius 1 is 1.06 bits per heavy atom. The molecule has 0 saturated carbocycles. The first kappa shape index (κ1) is 22.5. The summed E-state index contributed by atoms with van der Waals surface area (Å²) in [5.41, 5.74) is 1.71. The predicted molar refractivity (Wildman–Crippen MR) is 117 cm³/mol. The number of likely N-dealkylation sites (N-methyl/N-ethyl adjacent to an activating group) is 1. The van der Waals surface area contributed by atoms with Crippen LogP contribution in [0.2, 0.25) is 0 Å². The summed E-state index contributed by atoms with van der Waals surface area (Å²) in [6.07, 6.45) is 1.30. The van der Waals surface area contributed by atoms with Gasteiger partial charge in [0.2, 0.25) is 11.9 Å². The van der Waals surface area contributed by atoms with Crippen molar-refractivity contribution < 1.29 is 19.1 Å².